The molecular weight excluding hydrogens is 425 g/mol. The van der Waals surface area contributed by atoms with E-state index in [9.17, 15) is 0 Å². The summed E-state index contributed by atoms with van der Waals surface area (Å²) in [7, 11) is 0. The molecule has 0 aliphatic carbocycles. The average molecular weight is 448 g/mol. The minimum atomic E-state index is -0.248. The fourth-order valence-electron chi connectivity index (χ4n) is 2.88. The lowest BCUT2D eigenvalue weighted by Crippen LogP contribution is -2.12. The van der Waals surface area contributed by atoms with E-state index in [2.05, 4.69) is 36.7 Å². The third kappa shape index (κ3) is 5.16. The standard InChI is InChI=1S/C22H23Cl2N3OS/c1-5-11-27-21(16(4)28-20-8-6-7-14(2)15(20)3)25-26-22(27)29-13-17-9-10-18(23)19(24)12-17/h5-10,12,16H,1,11,13H2,2-4H3. The SMILES string of the molecule is C=CCn1c(SCc2ccc(Cl)c(Cl)c2)nnc1C(C)Oc1cccc(C)c1C. The highest BCUT2D eigenvalue weighted by atomic mass is 35.5. The van der Waals surface area contributed by atoms with Crippen molar-refractivity contribution < 1.29 is 4.74 Å². The molecular formula is C22H23Cl2N3OS. The summed E-state index contributed by atoms with van der Waals surface area (Å²) >= 11 is 13.7. The van der Waals surface area contributed by atoms with E-state index in [-0.39, 0.29) is 6.10 Å². The molecule has 0 aliphatic heterocycles. The molecule has 1 heterocycles. The Morgan fingerprint density at radius 1 is 1.17 bits per heavy atom. The van der Waals surface area contributed by atoms with Crippen LogP contribution < -0.4 is 4.74 Å². The van der Waals surface area contributed by atoms with Gasteiger partial charge in [0, 0.05) is 12.3 Å². The highest BCUT2D eigenvalue weighted by Gasteiger charge is 2.20. The zero-order valence-electron chi connectivity index (χ0n) is 16.7. The van der Waals surface area contributed by atoms with E-state index in [4.69, 9.17) is 27.9 Å². The largest absolute Gasteiger partial charge is 0.482 e. The van der Waals surface area contributed by atoms with Crippen molar-refractivity contribution in [2.45, 2.75) is 44.3 Å². The molecule has 1 unspecified atom stereocenters. The molecule has 152 valence electrons. The van der Waals surface area contributed by atoms with Crippen molar-refractivity contribution in [1.29, 1.82) is 0 Å². The van der Waals surface area contributed by atoms with Crippen LogP contribution >= 0.6 is 35.0 Å². The third-order valence-corrected chi connectivity index (χ3v) is 6.41. The van der Waals surface area contributed by atoms with Crippen molar-refractivity contribution in [3.05, 3.63) is 81.6 Å². The molecule has 0 spiro atoms. The number of halogens is 2. The predicted molar refractivity (Wildman–Crippen MR) is 121 cm³/mol. The van der Waals surface area contributed by atoms with Crippen LogP contribution in [0.5, 0.6) is 5.75 Å². The highest BCUT2D eigenvalue weighted by molar-refractivity contribution is 7.98. The zero-order chi connectivity index (χ0) is 21.0. The van der Waals surface area contributed by atoms with Gasteiger partial charge in [-0.1, -0.05) is 59.2 Å². The van der Waals surface area contributed by atoms with E-state index < -0.39 is 0 Å². The van der Waals surface area contributed by atoms with Crippen molar-refractivity contribution in [1.82, 2.24) is 14.8 Å². The lowest BCUT2D eigenvalue weighted by atomic mass is 10.1. The summed E-state index contributed by atoms with van der Waals surface area (Å²) in [4.78, 5) is 0. The summed E-state index contributed by atoms with van der Waals surface area (Å²) in [5.74, 6) is 2.33. The van der Waals surface area contributed by atoms with Crippen LogP contribution in [0.25, 0.3) is 0 Å². The van der Waals surface area contributed by atoms with Crippen molar-refractivity contribution in [2.75, 3.05) is 0 Å². The van der Waals surface area contributed by atoms with Gasteiger partial charge in [-0.05, 0) is 55.7 Å². The molecule has 1 aromatic heterocycles. The zero-order valence-corrected chi connectivity index (χ0v) is 19.0. The molecule has 3 aromatic rings. The molecule has 7 heteroatoms. The number of benzene rings is 2. The van der Waals surface area contributed by atoms with Crippen LogP contribution in [0.3, 0.4) is 0 Å². The van der Waals surface area contributed by atoms with Crippen molar-refractivity contribution in [3.8, 4) is 5.75 Å². The van der Waals surface area contributed by atoms with E-state index in [0.29, 0.717) is 22.3 Å². The first-order chi connectivity index (χ1) is 13.9. The van der Waals surface area contributed by atoms with Gasteiger partial charge in [0.2, 0.25) is 0 Å². The molecule has 0 aliphatic rings. The van der Waals surface area contributed by atoms with E-state index in [0.717, 1.165) is 27.9 Å². The van der Waals surface area contributed by atoms with Crippen molar-refractivity contribution >= 4 is 35.0 Å². The first-order valence-corrected chi connectivity index (χ1v) is 11.0. The Balaban J connectivity index is 1.79. The maximum Gasteiger partial charge on any atom is 0.191 e. The first kappa shape index (κ1) is 21.8. The van der Waals surface area contributed by atoms with E-state index in [1.54, 1.807) is 17.8 Å². The van der Waals surface area contributed by atoms with E-state index in [1.165, 1.54) is 5.56 Å². The normalized spacial score (nSPS) is 12.0. The number of aryl methyl sites for hydroxylation is 1. The quantitative estimate of drug-likeness (QED) is 0.280. The Morgan fingerprint density at radius 2 is 1.97 bits per heavy atom. The van der Waals surface area contributed by atoms with Crippen LogP contribution in [0.15, 0.2) is 54.2 Å². The van der Waals surface area contributed by atoms with Gasteiger partial charge < -0.3 is 4.74 Å². The molecule has 4 nitrogen and oxygen atoms in total. The summed E-state index contributed by atoms with van der Waals surface area (Å²) in [5, 5.41) is 10.7. The Morgan fingerprint density at radius 3 is 2.69 bits per heavy atom. The van der Waals surface area contributed by atoms with E-state index in [1.807, 2.05) is 41.8 Å². The van der Waals surface area contributed by atoms with Gasteiger partial charge in [0.05, 0.1) is 10.0 Å². The van der Waals surface area contributed by atoms with Crippen molar-refractivity contribution in [3.63, 3.8) is 0 Å². The molecule has 2 aromatic carbocycles. The first-order valence-electron chi connectivity index (χ1n) is 9.24. The number of hydrogen-bond acceptors (Lipinski definition) is 4. The number of nitrogens with zero attached hydrogens (tertiary/aromatic N) is 3. The van der Waals surface area contributed by atoms with Gasteiger partial charge >= 0.3 is 0 Å². The van der Waals surface area contributed by atoms with Gasteiger partial charge in [0.15, 0.2) is 17.1 Å². The minimum absolute atomic E-state index is 0.248. The number of hydrogen-bond donors (Lipinski definition) is 0. The Labute approximate surface area is 185 Å². The molecule has 0 saturated heterocycles. The Kier molecular flexibility index (Phi) is 7.28. The molecule has 0 N–H and O–H groups in total. The molecule has 0 saturated carbocycles. The minimum Gasteiger partial charge on any atom is -0.482 e. The lowest BCUT2D eigenvalue weighted by molar-refractivity contribution is 0.209. The molecule has 0 fully saturated rings. The summed E-state index contributed by atoms with van der Waals surface area (Å²) in [5.41, 5.74) is 3.39. The second-order valence-electron chi connectivity index (χ2n) is 6.74. The van der Waals surface area contributed by atoms with Crippen LogP contribution in [0, 0.1) is 13.8 Å². The molecule has 1 atom stereocenters. The predicted octanol–water partition coefficient (Wildman–Crippen LogP) is 6.82. The van der Waals surface area contributed by atoms with Crippen LogP contribution in [0.4, 0.5) is 0 Å². The van der Waals surface area contributed by atoms with Crippen LogP contribution in [-0.4, -0.2) is 14.8 Å². The number of ether oxygens (including phenoxy) is 1. The Hall–Kier alpha value is -1.95. The molecule has 29 heavy (non-hydrogen) atoms. The summed E-state index contributed by atoms with van der Waals surface area (Å²) < 4.78 is 8.24. The monoisotopic (exact) mass is 447 g/mol. The lowest BCUT2D eigenvalue weighted by Gasteiger charge is -2.18. The average Bonchev–Trinajstić information content (AvgIpc) is 3.09. The summed E-state index contributed by atoms with van der Waals surface area (Å²) in [6, 6.07) is 11.7. The smallest absolute Gasteiger partial charge is 0.191 e. The third-order valence-electron chi connectivity index (χ3n) is 4.63. The topological polar surface area (TPSA) is 39.9 Å². The van der Waals surface area contributed by atoms with Gasteiger partial charge in [-0.2, -0.15) is 0 Å². The maximum atomic E-state index is 6.21. The van der Waals surface area contributed by atoms with Crippen LogP contribution in [0.2, 0.25) is 10.0 Å². The molecule has 0 bridgehead atoms. The van der Waals surface area contributed by atoms with Crippen LogP contribution in [-0.2, 0) is 12.3 Å². The van der Waals surface area contributed by atoms with Gasteiger partial charge in [-0.15, -0.1) is 16.8 Å². The van der Waals surface area contributed by atoms with Gasteiger partial charge in [0.1, 0.15) is 5.75 Å². The second kappa shape index (κ2) is 9.70. The Bertz CT molecular complexity index is 1020. The van der Waals surface area contributed by atoms with Crippen molar-refractivity contribution in [2.24, 2.45) is 0 Å². The maximum absolute atomic E-state index is 6.21. The van der Waals surface area contributed by atoms with Crippen LogP contribution in [0.1, 0.15) is 35.5 Å². The molecule has 0 radical (unpaired) electrons. The van der Waals surface area contributed by atoms with Gasteiger partial charge in [0.25, 0.3) is 0 Å². The molecule has 3 rings (SSSR count). The summed E-state index contributed by atoms with van der Waals surface area (Å²) in [6.07, 6.45) is 1.59. The molecule has 0 amide bonds. The van der Waals surface area contributed by atoms with Gasteiger partial charge in [-0.3, -0.25) is 4.57 Å². The summed E-state index contributed by atoms with van der Waals surface area (Å²) in [6.45, 7) is 10.6. The number of rotatable bonds is 8. The second-order valence-corrected chi connectivity index (χ2v) is 8.49. The number of aromatic nitrogens is 3. The van der Waals surface area contributed by atoms with E-state index >= 15 is 0 Å². The fourth-order valence-corrected chi connectivity index (χ4v) is 4.10. The number of thioether (sulfide) groups is 1. The highest BCUT2D eigenvalue weighted by Crippen LogP contribution is 2.30. The fraction of sp³-hybridized carbons (Fsp3) is 0.273. The van der Waals surface area contributed by atoms with Gasteiger partial charge in [-0.25, -0.2) is 0 Å². The number of allylic oxidation sites excluding steroid dienone is 1.